The SMILES string of the molecule is CNCc1cc2ccccc2c(N2CC(C)CC(C)C2)n1. The van der Waals surface area contributed by atoms with Crippen molar-refractivity contribution in [3.63, 3.8) is 0 Å². The second-order valence-corrected chi connectivity index (χ2v) is 6.54. The highest BCUT2D eigenvalue weighted by Crippen LogP contribution is 2.31. The summed E-state index contributed by atoms with van der Waals surface area (Å²) in [5.41, 5.74) is 1.12. The molecule has 2 heterocycles. The van der Waals surface area contributed by atoms with E-state index in [-0.39, 0.29) is 0 Å². The molecule has 1 saturated heterocycles. The number of benzene rings is 1. The van der Waals surface area contributed by atoms with Gasteiger partial charge in [0, 0.05) is 25.0 Å². The molecule has 0 bridgehead atoms. The number of anilines is 1. The Balaban J connectivity index is 2.06. The van der Waals surface area contributed by atoms with Gasteiger partial charge in [-0.1, -0.05) is 38.1 Å². The van der Waals surface area contributed by atoms with Gasteiger partial charge in [0.15, 0.2) is 0 Å². The molecular weight excluding hydrogens is 258 g/mol. The molecule has 21 heavy (non-hydrogen) atoms. The van der Waals surface area contributed by atoms with Gasteiger partial charge in [-0.3, -0.25) is 0 Å². The molecule has 1 fully saturated rings. The maximum absolute atomic E-state index is 4.95. The fourth-order valence-corrected chi connectivity index (χ4v) is 3.58. The molecule has 3 nitrogen and oxygen atoms in total. The molecule has 0 amide bonds. The molecule has 3 rings (SSSR count). The summed E-state index contributed by atoms with van der Waals surface area (Å²) in [5, 5.41) is 5.78. The van der Waals surface area contributed by atoms with E-state index in [1.165, 1.54) is 17.2 Å². The third kappa shape index (κ3) is 3.03. The van der Waals surface area contributed by atoms with Crippen molar-refractivity contribution in [2.24, 2.45) is 11.8 Å². The molecule has 0 saturated carbocycles. The van der Waals surface area contributed by atoms with Crippen LogP contribution in [0.25, 0.3) is 10.8 Å². The molecule has 3 heteroatoms. The highest BCUT2D eigenvalue weighted by Gasteiger charge is 2.24. The van der Waals surface area contributed by atoms with E-state index < -0.39 is 0 Å². The number of aromatic nitrogens is 1. The normalized spacial score (nSPS) is 22.7. The van der Waals surface area contributed by atoms with Crippen LogP contribution < -0.4 is 10.2 Å². The molecule has 0 spiro atoms. The van der Waals surface area contributed by atoms with Gasteiger partial charge < -0.3 is 10.2 Å². The van der Waals surface area contributed by atoms with Crippen LogP contribution in [-0.4, -0.2) is 25.1 Å². The summed E-state index contributed by atoms with van der Waals surface area (Å²) in [6, 6.07) is 10.8. The van der Waals surface area contributed by atoms with Crippen molar-refractivity contribution in [1.29, 1.82) is 0 Å². The predicted molar refractivity (Wildman–Crippen MR) is 89.7 cm³/mol. The third-order valence-electron chi connectivity index (χ3n) is 4.30. The molecular formula is C18H25N3. The van der Waals surface area contributed by atoms with Gasteiger partial charge in [0.1, 0.15) is 5.82 Å². The van der Waals surface area contributed by atoms with Gasteiger partial charge in [0.2, 0.25) is 0 Å². The summed E-state index contributed by atoms with van der Waals surface area (Å²) in [4.78, 5) is 7.43. The summed E-state index contributed by atoms with van der Waals surface area (Å²) >= 11 is 0. The van der Waals surface area contributed by atoms with Crippen LogP contribution in [0.4, 0.5) is 5.82 Å². The minimum absolute atomic E-state index is 0.738. The van der Waals surface area contributed by atoms with E-state index in [0.29, 0.717) is 0 Å². The molecule has 2 aromatic rings. The first-order valence-corrected chi connectivity index (χ1v) is 7.95. The van der Waals surface area contributed by atoms with Crippen LogP contribution in [-0.2, 0) is 6.54 Å². The number of piperidine rings is 1. The minimum Gasteiger partial charge on any atom is -0.356 e. The zero-order valence-corrected chi connectivity index (χ0v) is 13.3. The Morgan fingerprint density at radius 2 is 1.90 bits per heavy atom. The van der Waals surface area contributed by atoms with Crippen molar-refractivity contribution in [1.82, 2.24) is 10.3 Å². The first-order chi connectivity index (χ1) is 10.2. The fraction of sp³-hybridized carbons (Fsp3) is 0.500. The molecule has 0 radical (unpaired) electrons. The summed E-state index contributed by atoms with van der Waals surface area (Å²) in [6.07, 6.45) is 1.32. The number of rotatable bonds is 3. The lowest BCUT2D eigenvalue weighted by Crippen LogP contribution is -2.39. The third-order valence-corrected chi connectivity index (χ3v) is 4.30. The van der Waals surface area contributed by atoms with Crippen molar-refractivity contribution < 1.29 is 0 Å². The zero-order chi connectivity index (χ0) is 14.8. The van der Waals surface area contributed by atoms with Crippen LogP contribution in [0.15, 0.2) is 30.3 Å². The maximum atomic E-state index is 4.95. The van der Waals surface area contributed by atoms with Crippen LogP contribution in [0.1, 0.15) is 26.0 Å². The van der Waals surface area contributed by atoms with Gasteiger partial charge >= 0.3 is 0 Å². The standard InChI is InChI=1S/C18H25N3/c1-13-8-14(2)12-21(11-13)18-17-7-5-4-6-15(17)9-16(20-18)10-19-3/h4-7,9,13-14,19H,8,10-12H2,1-3H3. The molecule has 1 aromatic carbocycles. The molecule has 1 N–H and O–H groups in total. The Labute approximate surface area is 127 Å². The minimum atomic E-state index is 0.738. The Morgan fingerprint density at radius 3 is 2.62 bits per heavy atom. The lowest BCUT2D eigenvalue weighted by atomic mass is 9.91. The molecule has 2 unspecified atom stereocenters. The number of hydrogen-bond donors (Lipinski definition) is 1. The van der Waals surface area contributed by atoms with Gasteiger partial charge in [0.05, 0.1) is 5.69 Å². The van der Waals surface area contributed by atoms with Crippen LogP contribution in [0.2, 0.25) is 0 Å². The van der Waals surface area contributed by atoms with Crippen molar-refractivity contribution >= 4 is 16.6 Å². The lowest BCUT2D eigenvalue weighted by Gasteiger charge is -2.36. The van der Waals surface area contributed by atoms with Crippen LogP contribution >= 0.6 is 0 Å². The quantitative estimate of drug-likeness (QED) is 0.935. The van der Waals surface area contributed by atoms with Gasteiger partial charge in [-0.15, -0.1) is 0 Å². The molecule has 0 aliphatic carbocycles. The molecule has 1 aromatic heterocycles. The van der Waals surface area contributed by atoms with E-state index in [1.807, 2.05) is 7.05 Å². The Morgan fingerprint density at radius 1 is 1.19 bits per heavy atom. The van der Waals surface area contributed by atoms with E-state index in [0.717, 1.165) is 43.0 Å². The Hall–Kier alpha value is -1.61. The summed E-state index contributed by atoms with van der Waals surface area (Å²) in [6.45, 7) is 7.75. The second-order valence-electron chi connectivity index (χ2n) is 6.54. The van der Waals surface area contributed by atoms with Crippen molar-refractivity contribution in [2.75, 3.05) is 25.0 Å². The maximum Gasteiger partial charge on any atom is 0.136 e. The van der Waals surface area contributed by atoms with E-state index in [4.69, 9.17) is 4.98 Å². The van der Waals surface area contributed by atoms with Gasteiger partial charge in [0.25, 0.3) is 0 Å². The number of hydrogen-bond acceptors (Lipinski definition) is 3. The second kappa shape index (κ2) is 6.02. The number of nitrogens with zero attached hydrogens (tertiary/aromatic N) is 2. The highest BCUT2D eigenvalue weighted by molar-refractivity contribution is 5.92. The average molecular weight is 283 g/mol. The van der Waals surface area contributed by atoms with E-state index in [1.54, 1.807) is 0 Å². The summed E-state index contributed by atoms with van der Waals surface area (Å²) in [7, 11) is 1.97. The first-order valence-electron chi connectivity index (χ1n) is 7.95. The number of pyridine rings is 1. The predicted octanol–water partition coefficient (Wildman–Crippen LogP) is 3.44. The zero-order valence-electron chi connectivity index (χ0n) is 13.3. The number of nitrogens with one attached hydrogen (secondary N) is 1. The van der Waals surface area contributed by atoms with E-state index in [2.05, 4.69) is 54.4 Å². The molecule has 2 atom stereocenters. The Kier molecular flexibility index (Phi) is 4.11. The molecule has 1 aliphatic rings. The van der Waals surface area contributed by atoms with E-state index >= 15 is 0 Å². The van der Waals surface area contributed by atoms with Crippen molar-refractivity contribution in [3.05, 3.63) is 36.0 Å². The first kappa shape index (κ1) is 14.3. The summed E-state index contributed by atoms with van der Waals surface area (Å²) < 4.78 is 0. The average Bonchev–Trinajstić information content (AvgIpc) is 2.46. The fourth-order valence-electron chi connectivity index (χ4n) is 3.58. The van der Waals surface area contributed by atoms with Crippen molar-refractivity contribution in [2.45, 2.75) is 26.8 Å². The monoisotopic (exact) mass is 283 g/mol. The topological polar surface area (TPSA) is 28.2 Å². The number of fused-ring (bicyclic) bond motifs is 1. The summed E-state index contributed by atoms with van der Waals surface area (Å²) in [5.74, 6) is 2.64. The smallest absolute Gasteiger partial charge is 0.136 e. The van der Waals surface area contributed by atoms with E-state index in [9.17, 15) is 0 Å². The highest BCUT2D eigenvalue weighted by atomic mass is 15.2. The van der Waals surface area contributed by atoms with Crippen LogP contribution in [0.3, 0.4) is 0 Å². The largest absolute Gasteiger partial charge is 0.356 e. The van der Waals surface area contributed by atoms with Crippen LogP contribution in [0, 0.1) is 11.8 Å². The molecule has 1 aliphatic heterocycles. The molecule has 112 valence electrons. The lowest BCUT2D eigenvalue weighted by molar-refractivity contribution is 0.355. The van der Waals surface area contributed by atoms with Gasteiger partial charge in [-0.2, -0.15) is 0 Å². The Bertz CT molecular complexity index is 613. The van der Waals surface area contributed by atoms with Crippen molar-refractivity contribution in [3.8, 4) is 0 Å². The van der Waals surface area contributed by atoms with Crippen LogP contribution in [0.5, 0.6) is 0 Å². The van der Waals surface area contributed by atoms with Gasteiger partial charge in [-0.05, 0) is 36.8 Å². The van der Waals surface area contributed by atoms with Gasteiger partial charge in [-0.25, -0.2) is 4.98 Å².